The molecule has 4 N–H and O–H groups in total. The predicted molar refractivity (Wildman–Crippen MR) is 101 cm³/mol. The van der Waals surface area contributed by atoms with Crippen LogP contribution in [0.3, 0.4) is 0 Å². The summed E-state index contributed by atoms with van der Waals surface area (Å²) in [5, 5.41) is 17.1. The molecule has 0 radical (unpaired) electrons. The smallest absolute Gasteiger partial charge is 0.306 e. The van der Waals surface area contributed by atoms with E-state index in [9.17, 15) is 19.2 Å². The van der Waals surface area contributed by atoms with Gasteiger partial charge in [0, 0.05) is 42.9 Å². The third-order valence-corrected chi connectivity index (χ3v) is 3.27. The molecular formula is C18H27N3O5. The molecule has 1 aromatic rings. The normalized spacial score (nSPS) is 10.7. The Hall–Kier alpha value is -2.74. The molecule has 0 aliphatic rings. The molecule has 0 bridgehead atoms. The summed E-state index contributed by atoms with van der Waals surface area (Å²) >= 11 is 0. The molecule has 8 nitrogen and oxygen atoms in total. The van der Waals surface area contributed by atoms with Crippen molar-refractivity contribution in [3.63, 3.8) is 0 Å². The van der Waals surface area contributed by atoms with Gasteiger partial charge in [-0.05, 0) is 25.2 Å². The van der Waals surface area contributed by atoms with E-state index < -0.39 is 11.9 Å². The highest BCUT2D eigenvalue weighted by Crippen LogP contribution is 2.18. The van der Waals surface area contributed by atoms with Crippen molar-refractivity contribution in [2.45, 2.75) is 26.7 Å². The van der Waals surface area contributed by atoms with Crippen LogP contribution in [0.5, 0.6) is 0 Å². The molecule has 144 valence electrons. The number of aliphatic carboxylic acids is 1. The van der Waals surface area contributed by atoms with Gasteiger partial charge in [0.1, 0.15) is 12.6 Å². The Labute approximate surface area is 153 Å². The van der Waals surface area contributed by atoms with E-state index in [0.717, 1.165) is 25.1 Å². The fourth-order valence-electron chi connectivity index (χ4n) is 1.72. The average molecular weight is 365 g/mol. The predicted octanol–water partition coefficient (Wildman–Crippen LogP) is 1.77. The van der Waals surface area contributed by atoms with Crippen LogP contribution < -0.4 is 16.0 Å². The summed E-state index contributed by atoms with van der Waals surface area (Å²) in [4.78, 5) is 41.8. The third-order valence-electron chi connectivity index (χ3n) is 3.27. The fraction of sp³-hybridized carbons (Fsp3) is 0.444. The molecule has 1 aromatic carbocycles. The quantitative estimate of drug-likeness (QED) is 0.368. The first-order valence-electron chi connectivity index (χ1n) is 8.32. The second kappa shape index (κ2) is 13.5. The second-order valence-electron chi connectivity index (χ2n) is 5.54. The zero-order valence-corrected chi connectivity index (χ0v) is 15.4. The van der Waals surface area contributed by atoms with E-state index in [1.54, 1.807) is 19.1 Å². The molecule has 0 aliphatic heterocycles. The van der Waals surface area contributed by atoms with Crippen LogP contribution in [0, 0.1) is 5.92 Å². The molecule has 8 heteroatoms. The van der Waals surface area contributed by atoms with Crippen molar-refractivity contribution in [1.82, 2.24) is 5.32 Å². The number of hydrogen-bond donors (Lipinski definition) is 4. The summed E-state index contributed by atoms with van der Waals surface area (Å²) in [7, 11) is 1.87. The van der Waals surface area contributed by atoms with Crippen molar-refractivity contribution in [3.8, 4) is 0 Å². The monoisotopic (exact) mass is 365 g/mol. The van der Waals surface area contributed by atoms with Crippen LogP contribution in [-0.4, -0.2) is 49.7 Å². The Morgan fingerprint density at radius 3 is 2.27 bits per heavy atom. The molecule has 0 aromatic heterocycles. The topological polar surface area (TPSA) is 125 Å². The van der Waals surface area contributed by atoms with E-state index >= 15 is 0 Å². The number of benzene rings is 1. The first-order chi connectivity index (χ1) is 12.4. The molecular weight excluding hydrogens is 338 g/mol. The summed E-state index contributed by atoms with van der Waals surface area (Å²) in [6.07, 6.45) is 1.90. The van der Waals surface area contributed by atoms with E-state index in [0.29, 0.717) is 24.0 Å². The van der Waals surface area contributed by atoms with Crippen molar-refractivity contribution in [3.05, 3.63) is 23.8 Å². The minimum absolute atomic E-state index is 0.0702. The van der Waals surface area contributed by atoms with Crippen molar-refractivity contribution >= 4 is 35.8 Å². The molecule has 0 aliphatic carbocycles. The van der Waals surface area contributed by atoms with Crippen LogP contribution in [0.1, 0.15) is 37.0 Å². The van der Waals surface area contributed by atoms with Gasteiger partial charge in [0.2, 0.25) is 5.91 Å². The van der Waals surface area contributed by atoms with Crippen molar-refractivity contribution < 1.29 is 24.3 Å². The molecule has 1 amide bonds. The number of amides is 1. The van der Waals surface area contributed by atoms with Crippen LogP contribution in [-0.2, 0) is 14.4 Å². The summed E-state index contributed by atoms with van der Waals surface area (Å²) in [6, 6.07) is 5.23. The van der Waals surface area contributed by atoms with Crippen LogP contribution in [0.15, 0.2) is 18.2 Å². The van der Waals surface area contributed by atoms with Crippen molar-refractivity contribution in [2.75, 3.05) is 30.8 Å². The maximum Gasteiger partial charge on any atom is 0.306 e. The first kappa shape index (κ1) is 23.3. The lowest BCUT2D eigenvalue weighted by Gasteiger charge is -2.10. The number of carbonyl (C=O) groups excluding carboxylic acids is 3. The Kier molecular flexibility index (Phi) is 12.1. The van der Waals surface area contributed by atoms with Crippen molar-refractivity contribution in [2.24, 2.45) is 5.92 Å². The molecule has 26 heavy (non-hydrogen) atoms. The fourth-order valence-corrected chi connectivity index (χ4v) is 1.72. The number of carboxylic acid groups (broad SMARTS) is 1. The van der Waals surface area contributed by atoms with Gasteiger partial charge in [-0.15, -0.1) is 0 Å². The summed E-state index contributed by atoms with van der Waals surface area (Å²) < 4.78 is 0. The summed E-state index contributed by atoms with van der Waals surface area (Å²) in [5.74, 6) is -1.52. The number of nitrogens with one attached hydrogen (secondary N) is 3. The number of carboxylic acids is 1. The lowest BCUT2D eigenvalue weighted by atomic mass is 10.1. The number of likely N-dealkylation sites (N-methyl/N-ethyl adjacent to an activating group) is 1. The average Bonchev–Trinajstić information content (AvgIpc) is 2.62. The van der Waals surface area contributed by atoms with Crippen LogP contribution in [0.25, 0.3) is 0 Å². The Balaban J connectivity index is 0.000000660. The van der Waals surface area contributed by atoms with Crippen LogP contribution in [0.2, 0.25) is 0 Å². The number of carbonyl (C=O) groups is 4. The van der Waals surface area contributed by atoms with Crippen LogP contribution in [0.4, 0.5) is 11.4 Å². The molecule has 0 heterocycles. The number of aldehydes is 2. The van der Waals surface area contributed by atoms with Gasteiger partial charge in [-0.1, -0.05) is 13.8 Å². The lowest BCUT2D eigenvalue weighted by molar-refractivity contribution is -0.142. The number of anilines is 2. The Morgan fingerprint density at radius 1 is 1.15 bits per heavy atom. The number of rotatable bonds is 10. The SMILES string of the molecule is CC(CC=O)C(=O)O.CCC(=O)Nc1cc(C=O)cc(NCCNC)c1. The minimum Gasteiger partial charge on any atom is -0.481 e. The molecule has 1 rings (SSSR count). The third kappa shape index (κ3) is 10.2. The highest BCUT2D eigenvalue weighted by atomic mass is 16.4. The zero-order chi connectivity index (χ0) is 19.9. The van der Waals surface area contributed by atoms with Gasteiger partial charge < -0.3 is 25.9 Å². The van der Waals surface area contributed by atoms with Crippen LogP contribution >= 0.6 is 0 Å². The van der Waals surface area contributed by atoms with E-state index in [4.69, 9.17) is 5.11 Å². The van der Waals surface area contributed by atoms with Gasteiger partial charge in [0.25, 0.3) is 0 Å². The first-order valence-corrected chi connectivity index (χ1v) is 8.32. The van der Waals surface area contributed by atoms with E-state index in [2.05, 4.69) is 16.0 Å². The molecule has 0 spiro atoms. The highest BCUT2D eigenvalue weighted by molar-refractivity contribution is 5.92. The van der Waals surface area contributed by atoms with Gasteiger partial charge in [-0.25, -0.2) is 0 Å². The maximum absolute atomic E-state index is 11.3. The molecule has 0 saturated heterocycles. The molecule has 0 saturated carbocycles. The van der Waals surface area contributed by atoms with Gasteiger partial charge in [0.15, 0.2) is 0 Å². The maximum atomic E-state index is 11.3. The lowest BCUT2D eigenvalue weighted by Crippen LogP contribution is -2.18. The zero-order valence-electron chi connectivity index (χ0n) is 15.4. The van der Waals surface area contributed by atoms with Gasteiger partial charge in [0.05, 0.1) is 5.92 Å². The standard InChI is InChI=1S/C13H19N3O2.C5H8O3/c1-3-13(18)16-12-7-10(9-17)6-11(8-12)15-5-4-14-2;1-4(2-3-6)5(7)8/h6-9,14-15H,3-5H2,1-2H3,(H,16,18);3-4H,2H2,1H3,(H,7,8). The van der Waals surface area contributed by atoms with Crippen molar-refractivity contribution in [1.29, 1.82) is 0 Å². The molecule has 0 fully saturated rings. The summed E-state index contributed by atoms with van der Waals surface area (Å²) in [5.41, 5.74) is 2.00. The number of hydrogen-bond acceptors (Lipinski definition) is 6. The van der Waals surface area contributed by atoms with Gasteiger partial charge in [-0.3, -0.25) is 14.4 Å². The highest BCUT2D eigenvalue weighted by Gasteiger charge is 2.08. The molecule has 1 atom stereocenters. The Morgan fingerprint density at radius 2 is 1.81 bits per heavy atom. The van der Waals surface area contributed by atoms with Gasteiger partial charge >= 0.3 is 5.97 Å². The molecule has 1 unspecified atom stereocenters. The minimum atomic E-state index is -0.919. The van der Waals surface area contributed by atoms with E-state index in [1.807, 2.05) is 13.1 Å². The summed E-state index contributed by atoms with van der Waals surface area (Å²) in [6.45, 7) is 4.85. The van der Waals surface area contributed by atoms with E-state index in [-0.39, 0.29) is 12.3 Å². The Bertz CT molecular complexity index is 604. The van der Waals surface area contributed by atoms with E-state index in [1.165, 1.54) is 6.92 Å². The second-order valence-corrected chi connectivity index (χ2v) is 5.54. The largest absolute Gasteiger partial charge is 0.481 e. The van der Waals surface area contributed by atoms with Gasteiger partial charge in [-0.2, -0.15) is 0 Å².